The van der Waals surface area contributed by atoms with E-state index >= 15 is 0 Å². The minimum absolute atomic E-state index is 1.08. The number of benzene rings is 12. The third-order valence-electron chi connectivity index (χ3n) is 14.0. The molecule has 0 spiro atoms. The van der Waals surface area contributed by atoms with Gasteiger partial charge in [-0.25, -0.2) is 0 Å². The van der Waals surface area contributed by atoms with Gasteiger partial charge in [0.25, 0.3) is 0 Å². The first-order valence-electron chi connectivity index (χ1n) is 24.1. The molecular formula is C68H46N2. The lowest BCUT2D eigenvalue weighted by Gasteiger charge is -2.26. The first-order chi connectivity index (χ1) is 34.7. The number of anilines is 3. The lowest BCUT2D eigenvalue weighted by molar-refractivity contribution is 1.18. The Morgan fingerprint density at radius 2 is 0.600 bits per heavy atom. The quantitative estimate of drug-likeness (QED) is 0.140. The Kier molecular flexibility index (Phi) is 10.2. The molecule has 328 valence electrons. The van der Waals surface area contributed by atoms with Gasteiger partial charge in [0.15, 0.2) is 0 Å². The van der Waals surface area contributed by atoms with Gasteiger partial charge in [0.2, 0.25) is 0 Å². The average Bonchev–Trinajstić information content (AvgIpc) is 3.78. The highest BCUT2D eigenvalue weighted by atomic mass is 15.1. The second-order valence-electron chi connectivity index (χ2n) is 18.1. The summed E-state index contributed by atoms with van der Waals surface area (Å²) in [6, 6.07) is 102. The number of fused-ring (bicyclic) bond motifs is 5. The Labute approximate surface area is 408 Å². The van der Waals surface area contributed by atoms with Crippen LogP contribution >= 0.6 is 0 Å². The van der Waals surface area contributed by atoms with E-state index in [2.05, 4.69) is 289 Å². The van der Waals surface area contributed by atoms with Gasteiger partial charge in [0.1, 0.15) is 0 Å². The monoisotopic (exact) mass is 890 g/mol. The van der Waals surface area contributed by atoms with Crippen molar-refractivity contribution in [1.82, 2.24) is 4.57 Å². The largest absolute Gasteiger partial charge is 0.311 e. The van der Waals surface area contributed by atoms with Crippen molar-refractivity contribution in [2.75, 3.05) is 4.90 Å². The highest BCUT2D eigenvalue weighted by Gasteiger charge is 2.18. The van der Waals surface area contributed by atoms with Crippen LogP contribution in [-0.2, 0) is 0 Å². The van der Waals surface area contributed by atoms with Crippen molar-refractivity contribution in [2.24, 2.45) is 0 Å². The predicted octanol–water partition coefficient (Wildman–Crippen LogP) is 18.9. The molecule has 0 aliphatic heterocycles. The van der Waals surface area contributed by atoms with E-state index in [4.69, 9.17) is 0 Å². The molecule has 13 rings (SSSR count). The Bertz CT molecular complexity index is 3940. The zero-order valence-electron chi connectivity index (χ0n) is 38.5. The molecule has 0 amide bonds. The van der Waals surface area contributed by atoms with E-state index < -0.39 is 0 Å². The number of para-hydroxylation sites is 2. The normalized spacial score (nSPS) is 11.4. The van der Waals surface area contributed by atoms with Crippen molar-refractivity contribution in [3.05, 3.63) is 279 Å². The van der Waals surface area contributed by atoms with Crippen LogP contribution in [0.1, 0.15) is 0 Å². The fraction of sp³-hybridized carbons (Fsp3) is 0. The van der Waals surface area contributed by atoms with Gasteiger partial charge in [0, 0.05) is 33.5 Å². The first-order valence-corrected chi connectivity index (χ1v) is 24.1. The summed E-state index contributed by atoms with van der Waals surface area (Å²) in [5.74, 6) is 0. The van der Waals surface area contributed by atoms with E-state index in [1.54, 1.807) is 0 Å². The van der Waals surface area contributed by atoms with Crippen LogP contribution in [0.3, 0.4) is 0 Å². The van der Waals surface area contributed by atoms with Crippen LogP contribution in [0.25, 0.3) is 105 Å². The van der Waals surface area contributed by atoms with Gasteiger partial charge < -0.3 is 9.47 Å². The lowest BCUT2D eigenvalue weighted by atomic mass is 9.91. The van der Waals surface area contributed by atoms with Crippen LogP contribution < -0.4 is 4.90 Å². The van der Waals surface area contributed by atoms with Crippen LogP contribution in [0.4, 0.5) is 17.1 Å². The maximum Gasteiger partial charge on any atom is 0.0541 e. The standard InChI is InChI=1S/C68H46N2/c1-3-15-49(16-4-1)60-25-13-21-53-22-14-26-61(68(53)60)51-33-41-57(42-34-51)69(58-43-35-52(36-44-58)65-46-55-20-8-7-19-54(55)45-64(65)50-17-5-2-6-18-50)56-37-29-47(30-38-56)48-31-39-59(40-32-48)70-66-27-11-9-23-62(66)63-24-10-12-28-67(63)70/h1-46H. The van der Waals surface area contributed by atoms with Crippen LogP contribution in [-0.4, -0.2) is 4.57 Å². The van der Waals surface area contributed by atoms with Gasteiger partial charge in [-0.15, -0.1) is 0 Å². The van der Waals surface area contributed by atoms with Gasteiger partial charge in [-0.2, -0.15) is 0 Å². The van der Waals surface area contributed by atoms with Gasteiger partial charge >= 0.3 is 0 Å². The first kappa shape index (κ1) is 41.0. The maximum atomic E-state index is 2.37. The van der Waals surface area contributed by atoms with Gasteiger partial charge in [-0.1, -0.05) is 206 Å². The lowest BCUT2D eigenvalue weighted by Crippen LogP contribution is -2.09. The number of rotatable bonds is 9. The van der Waals surface area contributed by atoms with Gasteiger partial charge in [-0.05, 0) is 150 Å². The Balaban J connectivity index is 0.887. The molecule has 0 unspecified atom stereocenters. The molecular weight excluding hydrogens is 845 g/mol. The summed E-state index contributed by atoms with van der Waals surface area (Å²) in [4.78, 5) is 2.37. The molecule has 0 aliphatic carbocycles. The average molecular weight is 891 g/mol. The molecule has 13 aromatic rings. The molecule has 70 heavy (non-hydrogen) atoms. The SMILES string of the molecule is c1ccc(-c2cc3ccccc3cc2-c2ccc(N(c3ccc(-c4ccc(-n5c6ccccc6c6ccccc65)cc4)cc3)c3ccc(-c4cccc5cccc(-c6ccccc6)c45)cc3)cc2)cc1. The van der Waals surface area contributed by atoms with E-state index in [9.17, 15) is 0 Å². The van der Waals surface area contributed by atoms with Crippen LogP contribution in [0, 0.1) is 0 Å². The third kappa shape index (κ3) is 7.31. The van der Waals surface area contributed by atoms with Gasteiger partial charge in [-0.3, -0.25) is 0 Å². The zero-order chi connectivity index (χ0) is 46.4. The topological polar surface area (TPSA) is 8.17 Å². The Hall–Kier alpha value is -9.24. The summed E-state index contributed by atoms with van der Waals surface area (Å²) in [7, 11) is 0. The van der Waals surface area contributed by atoms with Crippen LogP contribution in [0.2, 0.25) is 0 Å². The van der Waals surface area contributed by atoms with Crippen molar-refractivity contribution in [1.29, 1.82) is 0 Å². The van der Waals surface area contributed by atoms with Crippen molar-refractivity contribution < 1.29 is 0 Å². The van der Waals surface area contributed by atoms with Crippen molar-refractivity contribution in [3.8, 4) is 61.3 Å². The van der Waals surface area contributed by atoms with E-state index in [0.717, 1.165) is 28.3 Å². The second kappa shape index (κ2) is 17.4. The molecule has 0 fully saturated rings. The number of hydrogen-bond acceptors (Lipinski definition) is 1. The molecule has 0 saturated heterocycles. The maximum absolute atomic E-state index is 2.37. The van der Waals surface area contributed by atoms with Crippen molar-refractivity contribution >= 4 is 60.4 Å². The van der Waals surface area contributed by atoms with E-state index in [1.807, 2.05) is 0 Å². The zero-order valence-corrected chi connectivity index (χ0v) is 38.5. The summed E-state index contributed by atoms with van der Waals surface area (Å²) in [5, 5.41) is 7.49. The highest BCUT2D eigenvalue weighted by Crippen LogP contribution is 2.42. The summed E-state index contributed by atoms with van der Waals surface area (Å²) in [5.41, 5.74) is 18.8. The molecule has 12 aromatic carbocycles. The Morgan fingerprint density at radius 1 is 0.243 bits per heavy atom. The molecule has 0 aliphatic rings. The predicted molar refractivity (Wildman–Crippen MR) is 298 cm³/mol. The van der Waals surface area contributed by atoms with E-state index in [1.165, 1.54) is 93.4 Å². The van der Waals surface area contributed by atoms with Crippen molar-refractivity contribution in [3.63, 3.8) is 0 Å². The van der Waals surface area contributed by atoms with E-state index in [-0.39, 0.29) is 0 Å². The molecule has 0 N–H and O–H groups in total. The van der Waals surface area contributed by atoms with Gasteiger partial charge in [0.05, 0.1) is 11.0 Å². The number of hydrogen-bond donors (Lipinski definition) is 0. The molecule has 0 atom stereocenters. The molecule has 0 radical (unpaired) electrons. The molecule has 2 nitrogen and oxygen atoms in total. The fourth-order valence-electron chi connectivity index (χ4n) is 10.6. The number of aromatic nitrogens is 1. The summed E-state index contributed by atoms with van der Waals surface area (Å²) in [6.07, 6.45) is 0. The molecule has 0 bridgehead atoms. The smallest absolute Gasteiger partial charge is 0.0541 e. The molecule has 1 aromatic heterocycles. The summed E-state index contributed by atoms with van der Waals surface area (Å²) in [6.45, 7) is 0. The molecule has 2 heteroatoms. The van der Waals surface area contributed by atoms with Crippen molar-refractivity contribution in [2.45, 2.75) is 0 Å². The fourth-order valence-corrected chi connectivity index (χ4v) is 10.6. The Morgan fingerprint density at radius 3 is 1.09 bits per heavy atom. The van der Waals surface area contributed by atoms with Crippen LogP contribution in [0.5, 0.6) is 0 Å². The third-order valence-corrected chi connectivity index (χ3v) is 14.0. The minimum atomic E-state index is 1.08. The van der Waals surface area contributed by atoms with Crippen LogP contribution in [0.15, 0.2) is 279 Å². The number of nitrogens with zero attached hydrogens (tertiary/aromatic N) is 2. The highest BCUT2D eigenvalue weighted by molar-refractivity contribution is 6.09. The summed E-state index contributed by atoms with van der Waals surface area (Å²) >= 11 is 0. The van der Waals surface area contributed by atoms with E-state index in [0.29, 0.717) is 0 Å². The molecule has 0 saturated carbocycles. The minimum Gasteiger partial charge on any atom is -0.311 e. The summed E-state index contributed by atoms with van der Waals surface area (Å²) < 4.78 is 2.37. The molecule has 1 heterocycles. The second-order valence-corrected chi connectivity index (χ2v) is 18.1.